The molecule has 0 aliphatic heterocycles. The van der Waals surface area contributed by atoms with Crippen LogP contribution in [0.3, 0.4) is 0 Å². The highest BCUT2D eigenvalue weighted by atomic mass is 19.3. The van der Waals surface area contributed by atoms with Gasteiger partial charge < -0.3 is 10.8 Å². The number of nitrogens with two attached hydrogens (primary N) is 1. The highest BCUT2D eigenvalue weighted by molar-refractivity contribution is 5.70. The molecule has 0 aromatic carbocycles. The van der Waals surface area contributed by atoms with Gasteiger partial charge in [-0.25, -0.2) is 8.78 Å². The van der Waals surface area contributed by atoms with Crippen molar-refractivity contribution in [2.75, 3.05) is 0 Å². The molecule has 6 heteroatoms. The maximum atomic E-state index is 12.5. The Morgan fingerprint density at radius 1 is 1.60 bits per heavy atom. The van der Waals surface area contributed by atoms with Crippen LogP contribution in [0.25, 0.3) is 0 Å². The van der Waals surface area contributed by atoms with Crippen molar-refractivity contribution in [3.63, 3.8) is 0 Å². The van der Waals surface area contributed by atoms with Gasteiger partial charge in [0.1, 0.15) is 0 Å². The number of hydrogen-bond donors (Lipinski definition) is 2. The van der Waals surface area contributed by atoms with E-state index in [0.717, 1.165) is 0 Å². The van der Waals surface area contributed by atoms with Crippen molar-refractivity contribution >= 4 is 5.97 Å². The van der Waals surface area contributed by atoms with Gasteiger partial charge in [0.05, 0.1) is 12.1 Å². The Hall–Kier alpha value is -1.56. The van der Waals surface area contributed by atoms with Gasteiger partial charge in [-0.1, -0.05) is 0 Å². The number of carbonyl (C=O) groups is 1. The molecule has 0 spiro atoms. The van der Waals surface area contributed by atoms with Gasteiger partial charge in [0.2, 0.25) is 0 Å². The van der Waals surface area contributed by atoms with Crippen LogP contribution in [0.15, 0.2) is 12.3 Å². The van der Waals surface area contributed by atoms with Crippen molar-refractivity contribution in [3.05, 3.63) is 29.1 Å². The number of alkyl halides is 2. The maximum absolute atomic E-state index is 12.5. The standard InChI is InChI=1S/C9H10F2N2O2/c10-9(11)6-1-5(3-12)4-13-7(6)2-8(14)15/h1,4,9H,2-3,12H2,(H,14,15). The first kappa shape index (κ1) is 11.5. The van der Waals surface area contributed by atoms with E-state index in [9.17, 15) is 13.6 Å². The molecule has 1 heterocycles. The summed E-state index contributed by atoms with van der Waals surface area (Å²) in [7, 11) is 0. The fourth-order valence-electron chi connectivity index (χ4n) is 1.15. The predicted molar refractivity (Wildman–Crippen MR) is 48.4 cm³/mol. The van der Waals surface area contributed by atoms with E-state index in [2.05, 4.69) is 4.98 Å². The molecule has 0 saturated heterocycles. The maximum Gasteiger partial charge on any atom is 0.309 e. The number of carboxylic acids is 1. The molecule has 82 valence electrons. The van der Waals surface area contributed by atoms with E-state index < -0.39 is 18.8 Å². The monoisotopic (exact) mass is 216 g/mol. The Labute approximate surface area is 84.7 Å². The van der Waals surface area contributed by atoms with Crippen LogP contribution in [-0.2, 0) is 17.8 Å². The zero-order chi connectivity index (χ0) is 11.4. The van der Waals surface area contributed by atoms with E-state index in [4.69, 9.17) is 10.8 Å². The molecule has 0 bridgehead atoms. The highest BCUT2D eigenvalue weighted by Crippen LogP contribution is 2.22. The number of aromatic nitrogens is 1. The van der Waals surface area contributed by atoms with Crippen LogP contribution in [0.5, 0.6) is 0 Å². The third-order valence-corrected chi connectivity index (χ3v) is 1.85. The summed E-state index contributed by atoms with van der Waals surface area (Å²) < 4.78 is 25.0. The molecular weight excluding hydrogens is 206 g/mol. The van der Waals surface area contributed by atoms with Gasteiger partial charge in [-0.15, -0.1) is 0 Å². The van der Waals surface area contributed by atoms with Gasteiger partial charge in [-0.05, 0) is 11.6 Å². The summed E-state index contributed by atoms with van der Waals surface area (Å²) in [4.78, 5) is 14.1. The minimum absolute atomic E-state index is 0.0973. The van der Waals surface area contributed by atoms with Gasteiger partial charge in [-0.2, -0.15) is 0 Å². The van der Waals surface area contributed by atoms with Crippen molar-refractivity contribution < 1.29 is 18.7 Å². The minimum atomic E-state index is -2.74. The molecule has 4 nitrogen and oxygen atoms in total. The fraction of sp³-hybridized carbons (Fsp3) is 0.333. The number of pyridine rings is 1. The molecule has 0 fully saturated rings. The fourth-order valence-corrected chi connectivity index (χ4v) is 1.15. The quantitative estimate of drug-likeness (QED) is 0.790. The summed E-state index contributed by atoms with van der Waals surface area (Å²) in [5, 5.41) is 8.49. The van der Waals surface area contributed by atoms with Crippen molar-refractivity contribution in [1.82, 2.24) is 4.98 Å². The Balaban J connectivity index is 3.09. The first-order valence-corrected chi connectivity index (χ1v) is 4.22. The lowest BCUT2D eigenvalue weighted by Gasteiger charge is -2.07. The Morgan fingerprint density at radius 3 is 2.73 bits per heavy atom. The lowest BCUT2D eigenvalue weighted by Crippen LogP contribution is -2.08. The minimum Gasteiger partial charge on any atom is -0.481 e. The summed E-state index contributed by atoms with van der Waals surface area (Å²) in [6.45, 7) is 0.0973. The highest BCUT2D eigenvalue weighted by Gasteiger charge is 2.16. The molecule has 1 aromatic heterocycles. The van der Waals surface area contributed by atoms with Crippen LogP contribution in [0.4, 0.5) is 8.78 Å². The number of hydrogen-bond acceptors (Lipinski definition) is 3. The smallest absolute Gasteiger partial charge is 0.309 e. The Kier molecular flexibility index (Phi) is 3.68. The first-order chi connectivity index (χ1) is 7.04. The van der Waals surface area contributed by atoms with Crippen LogP contribution in [0.2, 0.25) is 0 Å². The second kappa shape index (κ2) is 4.79. The van der Waals surface area contributed by atoms with Crippen LogP contribution in [0.1, 0.15) is 23.2 Å². The van der Waals surface area contributed by atoms with Gasteiger partial charge in [-0.3, -0.25) is 9.78 Å². The topological polar surface area (TPSA) is 76.2 Å². The SMILES string of the molecule is NCc1cnc(CC(=O)O)c(C(F)F)c1. The predicted octanol–water partition coefficient (Wildman–Crippen LogP) is 1.10. The number of nitrogens with zero attached hydrogens (tertiary/aromatic N) is 1. The zero-order valence-electron chi connectivity index (χ0n) is 7.78. The first-order valence-electron chi connectivity index (χ1n) is 4.22. The molecular formula is C9H10F2N2O2. The number of halogens is 2. The average Bonchev–Trinajstić information content (AvgIpc) is 2.17. The number of aliphatic carboxylic acids is 1. The average molecular weight is 216 g/mol. The molecule has 0 aliphatic carbocycles. The van der Waals surface area contributed by atoms with Gasteiger partial charge >= 0.3 is 5.97 Å². The molecule has 15 heavy (non-hydrogen) atoms. The lowest BCUT2D eigenvalue weighted by molar-refractivity contribution is -0.136. The second-order valence-electron chi connectivity index (χ2n) is 2.95. The van der Waals surface area contributed by atoms with E-state index in [1.807, 2.05) is 0 Å². The van der Waals surface area contributed by atoms with Crippen molar-refractivity contribution in [2.45, 2.75) is 19.4 Å². The molecule has 1 aromatic rings. The summed E-state index contributed by atoms with van der Waals surface area (Å²) >= 11 is 0. The van der Waals surface area contributed by atoms with Gasteiger partial charge in [0, 0.05) is 18.3 Å². The van der Waals surface area contributed by atoms with Crippen LogP contribution in [-0.4, -0.2) is 16.1 Å². The van der Waals surface area contributed by atoms with Crippen LogP contribution in [0, 0.1) is 0 Å². The third-order valence-electron chi connectivity index (χ3n) is 1.85. The van der Waals surface area contributed by atoms with Crippen LogP contribution >= 0.6 is 0 Å². The van der Waals surface area contributed by atoms with Crippen molar-refractivity contribution in [2.24, 2.45) is 5.73 Å². The molecule has 0 amide bonds. The van der Waals surface area contributed by atoms with E-state index in [-0.39, 0.29) is 17.8 Å². The molecule has 0 radical (unpaired) electrons. The number of carboxylic acid groups (broad SMARTS) is 1. The third kappa shape index (κ3) is 2.95. The second-order valence-corrected chi connectivity index (χ2v) is 2.95. The molecule has 0 aliphatic rings. The van der Waals surface area contributed by atoms with Crippen molar-refractivity contribution in [3.8, 4) is 0 Å². The van der Waals surface area contributed by atoms with E-state index in [1.54, 1.807) is 0 Å². The largest absolute Gasteiger partial charge is 0.481 e. The van der Waals surface area contributed by atoms with Gasteiger partial charge in [0.15, 0.2) is 0 Å². The molecule has 0 atom stereocenters. The lowest BCUT2D eigenvalue weighted by atomic mass is 10.1. The normalized spacial score (nSPS) is 10.7. The number of rotatable bonds is 4. The summed E-state index contributed by atoms with van der Waals surface area (Å²) in [6.07, 6.45) is -1.94. The summed E-state index contributed by atoms with van der Waals surface area (Å²) in [6, 6.07) is 1.19. The molecule has 0 unspecified atom stereocenters. The van der Waals surface area contributed by atoms with E-state index in [0.29, 0.717) is 5.56 Å². The molecule has 0 saturated carbocycles. The summed E-state index contributed by atoms with van der Waals surface area (Å²) in [5.74, 6) is -1.19. The van der Waals surface area contributed by atoms with Crippen LogP contribution < -0.4 is 5.73 Å². The Bertz CT molecular complexity index is 369. The van der Waals surface area contributed by atoms with Crippen molar-refractivity contribution in [1.29, 1.82) is 0 Å². The molecule has 1 rings (SSSR count). The zero-order valence-corrected chi connectivity index (χ0v) is 7.78. The Morgan fingerprint density at radius 2 is 2.27 bits per heavy atom. The summed E-state index contributed by atoms with van der Waals surface area (Å²) in [5.41, 5.74) is 5.25. The van der Waals surface area contributed by atoms with E-state index >= 15 is 0 Å². The molecule has 3 N–H and O–H groups in total. The van der Waals surface area contributed by atoms with Gasteiger partial charge in [0.25, 0.3) is 6.43 Å². The van der Waals surface area contributed by atoms with E-state index in [1.165, 1.54) is 12.3 Å².